The van der Waals surface area contributed by atoms with E-state index in [1.54, 1.807) is 36.4 Å². The maximum atomic E-state index is 12.9. The molecule has 1 saturated heterocycles. The summed E-state index contributed by atoms with van der Waals surface area (Å²) >= 11 is 0. The highest BCUT2D eigenvalue weighted by molar-refractivity contribution is 7.89. The third-order valence-electron chi connectivity index (χ3n) is 4.83. The maximum Gasteiger partial charge on any atom is 0.243 e. The van der Waals surface area contributed by atoms with Gasteiger partial charge < -0.3 is 15.2 Å². The molecule has 0 aliphatic carbocycles. The molecule has 0 bridgehead atoms. The van der Waals surface area contributed by atoms with Crippen molar-refractivity contribution in [3.8, 4) is 5.75 Å². The predicted octanol–water partition coefficient (Wildman–Crippen LogP) is 2.23. The number of nitrogens with one attached hydrogen (secondary N) is 1. The molecule has 2 aromatic rings. The smallest absolute Gasteiger partial charge is 0.243 e. The Labute approximate surface area is 165 Å². The Balaban J connectivity index is 1.70. The fraction of sp³-hybridized carbons (Fsp3) is 0.350. The number of aliphatic hydroxyl groups is 1. The molecule has 2 aromatic carbocycles. The van der Waals surface area contributed by atoms with Gasteiger partial charge in [-0.05, 0) is 54.8 Å². The van der Waals surface area contributed by atoms with Crippen molar-refractivity contribution in [2.75, 3.05) is 25.5 Å². The molecular weight excluding hydrogens is 380 g/mol. The number of sulfonamides is 1. The van der Waals surface area contributed by atoms with Crippen LogP contribution in [0.3, 0.4) is 0 Å². The number of hydrogen-bond donors (Lipinski definition) is 2. The minimum Gasteiger partial charge on any atom is -0.497 e. The lowest BCUT2D eigenvalue weighted by atomic mass is 9.98. The van der Waals surface area contributed by atoms with E-state index in [-0.39, 0.29) is 24.0 Å². The molecule has 1 fully saturated rings. The highest BCUT2D eigenvalue weighted by Crippen LogP contribution is 2.26. The number of amides is 1. The van der Waals surface area contributed by atoms with Crippen molar-refractivity contribution in [2.45, 2.75) is 24.3 Å². The number of carbonyl (C=O) groups is 1. The summed E-state index contributed by atoms with van der Waals surface area (Å²) in [5.41, 5.74) is 1.29. The van der Waals surface area contributed by atoms with Crippen LogP contribution in [0.25, 0.3) is 0 Å². The molecule has 3 rings (SSSR count). The van der Waals surface area contributed by atoms with E-state index in [9.17, 15) is 18.3 Å². The second-order valence-electron chi connectivity index (χ2n) is 6.73. The van der Waals surface area contributed by atoms with Crippen LogP contribution < -0.4 is 10.1 Å². The Morgan fingerprint density at radius 2 is 2.00 bits per heavy atom. The minimum atomic E-state index is -3.67. The van der Waals surface area contributed by atoms with Crippen molar-refractivity contribution in [3.05, 3.63) is 54.1 Å². The SMILES string of the molecule is COc1ccc(S(=O)(=O)N2CCC[C@@H](C(=O)Nc3cccc(CO)c3)C2)cc1. The maximum absolute atomic E-state index is 12.9. The van der Waals surface area contributed by atoms with Gasteiger partial charge in [0.05, 0.1) is 24.5 Å². The van der Waals surface area contributed by atoms with Crippen LogP contribution in [-0.2, 0) is 21.4 Å². The molecule has 1 amide bonds. The molecule has 1 aliphatic heterocycles. The van der Waals surface area contributed by atoms with Gasteiger partial charge in [0, 0.05) is 18.8 Å². The van der Waals surface area contributed by atoms with E-state index in [1.165, 1.54) is 23.5 Å². The van der Waals surface area contributed by atoms with Crippen LogP contribution >= 0.6 is 0 Å². The highest BCUT2D eigenvalue weighted by Gasteiger charge is 2.33. The van der Waals surface area contributed by atoms with Gasteiger partial charge in [-0.2, -0.15) is 4.31 Å². The van der Waals surface area contributed by atoms with Gasteiger partial charge in [-0.1, -0.05) is 12.1 Å². The van der Waals surface area contributed by atoms with E-state index < -0.39 is 15.9 Å². The first-order valence-corrected chi connectivity index (χ1v) is 10.5. The van der Waals surface area contributed by atoms with Crippen molar-refractivity contribution in [3.63, 3.8) is 0 Å². The molecule has 0 aromatic heterocycles. The number of methoxy groups -OCH3 is 1. The fourth-order valence-corrected chi connectivity index (χ4v) is 4.79. The number of hydrogen-bond acceptors (Lipinski definition) is 5. The van der Waals surface area contributed by atoms with Gasteiger partial charge in [0.1, 0.15) is 5.75 Å². The van der Waals surface area contributed by atoms with Crippen LogP contribution in [-0.4, -0.2) is 43.9 Å². The van der Waals surface area contributed by atoms with Crippen LogP contribution in [0.4, 0.5) is 5.69 Å². The van der Waals surface area contributed by atoms with Gasteiger partial charge in [0.25, 0.3) is 0 Å². The Kier molecular flexibility index (Phi) is 6.33. The predicted molar refractivity (Wildman–Crippen MR) is 105 cm³/mol. The summed E-state index contributed by atoms with van der Waals surface area (Å²) < 4.78 is 32.3. The second-order valence-corrected chi connectivity index (χ2v) is 8.66. The van der Waals surface area contributed by atoms with E-state index in [1.807, 2.05) is 0 Å². The summed E-state index contributed by atoms with van der Waals surface area (Å²) in [5.74, 6) is -0.0655. The first kappa shape index (κ1) is 20.3. The lowest BCUT2D eigenvalue weighted by Gasteiger charge is -2.31. The second kappa shape index (κ2) is 8.72. The van der Waals surface area contributed by atoms with Crippen LogP contribution in [0.5, 0.6) is 5.75 Å². The van der Waals surface area contributed by atoms with Crippen LogP contribution in [0.15, 0.2) is 53.4 Å². The summed E-state index contributed by atoms with van der Waals surface area (Å²) in [6, 6.07) is 13.2. The van der Waals surface area contributed by atoms with Crippen LogP contribution in [0, 0.1) is 5.92 Å². The van der Waals surface area contributed by atoms with Crippen molar-refractivity contribution in [1.82, 2.24) is 4.31 Å². The third-order valence-corrected chi connectivity index (χ3v) is 6.71. The number of benzene rings is 2. The molecule has 8 heteroatoms. The zero-order valence-corrected chi connectivity index (χ0v) is 16.5. The molecule has 7 nitrogen and oxygen atoms in total. The number of nitrogens with zero attached hydrogens (tertiary/aromatic N) is 1. The van der Waals surface area contributed by atoms with Gasteiger partial charge in [-0.15, -0.1) is 0 Å². The van der Waals surface area contributed by atoms with E-state index >= 15 is 0 Å². The normalized spacial score (nSPS) is 17.9. The van der Waals surface area contributed by atoms with Gasteiger partial charge >= 0.3 is 0 Å². The van der Waals surface area contributed by atoms with E-state index in [0.29, 0.717) is 36.4 Å². The fourth-order valence-electron chi connectivity index (χ4n) is 3.26. The summed E-state index contributed by atoms with van der Waals surface area (Å²) in [6.45, 7) is 0.416. The average molecular weight is 404 g/mol. The van der Waals surface area contributed by atoms with E-state index in [2.05, 4.69) is 5.32 Å². The standard InChI is InChI=1S/C20H24N2O5S/c1-27-18-7-9-19(10-8-18)28(25,26)22-11-3-5-16(13-22)20(24)21-17-6-2-4-15(12-17)14-23/h2,4,6-10,12,16,23H,3,5,11,13-14H2,1H3,(H,21,24)/t16-/m1/s1. The van der Waals surface area contributed by atoms with Crippen molar-refractivity contribution in [2.24, 2.45) is 5.92 Å². The molecule has 1 heterocycles. The summed E-state index contributed by atoms with van der Waals surface area (Å²) in [5, 5.41) is 12.0. The van der Waals surface area contributed by atoms with Crippen molar-refractivity contribution < 1.29 is 23.1 Å². The Morgan fingerprint density at radius 1 is 1.25 bits per heavy atom. The monoisotopic (exact) mass is 404 g/mol. The van der Waals surface area contributed by atoms with E-state index in [0.717, 1.165) is 0 Å². The molecule has 28 heavy (non-hydrogen) atoms. The number of piperidine rings is 1. The quantitative estimate of drug-likeness (QED) is 0.770. The number of rotatable bonds is 6. The number of anilines is 1. The molecule has 0 saturated carbocycles. The third kappa shape index (κ3) is 4.52. The molecule has 150 valence electrons. The summed E-state index contributed by atoms with van der Waals surface area (Å²) in [6.07, 6.45) is 1.24. The van der Waals surface area contributed by atoms with Gasteiger partial charge in [0.2, 0.25) is 15.9 Å². The Morgan fingerprint density at radius 3 is 2.68 bits per heavy atom. The molecule has 1 aliphatic rings. The zero-order valence-electron chi connectivity index (χ0n) is 15.7. The molecule has 1 atom stereocenters. The Hall–Kier alpha value is -2.42. The van der Waals surface area contributed by atoms with Gasteiger partial charge in [0.15, 0.2) is 0 Å². The first-order valence-electron chi connectivity index (χ1n) is 9.09. The summed E-state index contributed by atoms with van der Waals surface area (Å²) in [7, 11) is -2.15. The topological polar surface area (TPSA) is 95.9 Å². The molecule has 2 N–H and O–H groups in total. The lowest BCUT2D eigenvalue weighted by molar-refractivity contribution is -0.120. The van der Waals surface area contributed by atoms with E-state index in [4.69, 9.17) is 4.74 Å². The molecule has 0 radical (unpaired) electrons. The zero-order chi connectivity index (χ0) is 20.1. The molecule has 0 spiro atoms. The van der Waals surface area contributed by atoms with Crippen LogP contribution in [0.2, 0.25) is 0 Å². The van der Waals surface area contributed by atoms with Gasteiger partial charge in [-0.3, -0.25) is 4.79 Å². The molecule has 0 unspecified atom stereocenters. The number of aliphatic hydroxyl groups excluding tert-OH is 1. The number of ether oxygens (including phenoxy) is 1. The van der Waals surface area contributed by atoms with Gasteiger partial charge in [-0.25, -0.2) is 8.42 Å². The summed E-state index contributed by atoms with van der Waals surface area (Å²) in [4.78, 5) is 12.8. The van der Waals surface area contributed by atoms with Crippen molar-refractivity contribution in [1.29, 1.82) is 0 Å². The van der Waals surface area contributed by atoms with Crippen molar-refractivity contribution >= 4 is 21.6 Å². The Bertz CT molecular complexity index is 928. The largest absolute Gasteiger partial charge is 0.497 e. The molecular formula is C20H24N2O5S. The lowest BCUT2D eigenvalue weighted by Crippen LogP contribution is -2.43. The van der Waals surface area contributed by atoms with Crippen LogP contribution in [0.1, 0.15) is 18.4 Å². The first-order chi connectivity index (χ1) is 13.4. The minimum absolute atomic E-state index is 0.110. The number of carbonyl (C=O) groups excluding carboxylic acids is 1. The average Bonchev–Trinajstić information content (AvgIpc) is 2.74. The highest BCUT2D eigenvalue weighted by atomic mass is 32.2.